The lowest BCUT2D eigenvalue weighted by Gasteiger charge is -2.18. The quantitative estimate of drug-likeness (QED) is 0.715. The second-order valence-electron chi connectivity index (χ2n) is 4.51. The highest BCUT2D eigenvalue weighted by Gasteiger charge is 2.08. The van der Waals surface area contributed by atoms with Crippen molar-refractivity contribution in [2.75, 3.05) is 7.05 Å². The summed E-state index contributed by atoms with van der Waals surface area (Å²) in [7, 11) is 2.03. The van der Waals surface area contributed by atoms with Crippen LogP contribution < -0.4 is 0 Å². The largest absolute Gasteiger partial charge is 0.298 e. The van der Waals surface area contributed by atoms with E-state index in [2.05, 4.69) is 48.9 Å². The third kappa shape index (κ3) is 4.13. The van der Waals surface area contributed by atoms with Gasteiger partial charge in [0.2, 0.25) is 0 Å². The van der Waals surface area contributed by atoms with Gasteiger partial charge in [-0.15, -0.1) is 0 Å². The highest BCUT2D eigenvalue weighted by atomic mass is 79.9. The molecule has 0 aliphatic heterocycles. The van der Waals surface area contributed by atoms with Crippen LogP contribution in [0.1, 0.15) is 11.1 Å². The Bertz CT molecular complexity index is 555. The van der Waals surface area contributed by atoms with Crippen LogP contribution >= 0.6 is 31.9 Å². The van der Waals surface area contributed by atoms with E-state index in [0.29, 0.717) is 11.0 Å². The van der Waals surface area contributed by atoms with Gasteiger partial charge in [-0.25, -0.2) is 4.39 Å². The molecule has 2 aromatic carbocycles. The summed E-state index contributed by atoms with van der Waals surface area (Å²) in [6.07, 6.45) is 0. The predicted molar refractivity (Wildman–Crippen MR) is 83.4 cm³/mol. The predicted octanol–water partition coefficient (Wildman–Crippen LogP) is 4.98. The average molecular weight is 387 g/mol. The van der Waals surface area contributed by atoms with E-state index >= 15 is 0 Å². The van der Waals surface area contributed by atoms with Gasteiger partial charge in [-0.05, 0) is 52.3 Å². The smallest absolute Gasteiger partial charge is 0.137 e. The monoisotopic (exact) mass is 385 g/mol. The van der Waals surface area contributed by atoms with Crippen LogP contribution in [-0.4, -0.2) is 11.9 Å². The van der Waals surface area contributed by atoms with Crippen molar-refractivity contribution in [2.45, 2.75) is 13.1 Å². The van der Waals surface area contributed by atoms with Crippen molar-refractivity contribution in [3.8, 4) is 0 Å². The van der Waals surface area contributed by atoms with E-state index in [1.165, 1.54) is 11.6 Å². The maximum Gasteiger partial charge on any atom is 0.137 e. The molecule has 1 nitrogen and oxygen atoms in total. The molecule has 0 unspecified atom stereocenters. The number of nitrogens with zero attached hydrogens (tertiary/aromatic N) is 1. The zero-order valence-corrected chi connectivity index (χ0v) is 13.7. The summed E-state index contributed by atoms with van der Waals surface area (Å²) in [4.78, 5) is 2.16. The van der Waals surface area contributed by atoms with Crippen molar-refractivity contribution < 1.29 is 4.39 Å². The number of halogens is 3. The van der Waals surface area contributed by atoms with E-state index in [1.807, 2.05) is 25.2 Å². The molecule has 0 aliphatic rings. The molecule has 0 saturated heterocycles. The fourth-order valence-corrected chi connectivity index (χ4v) is 2.57. The zero-order valence-electron chi connectivity index (χ0n) is 10.5. The van der Waals surface area contributed by atoms with Crippen LogP contribution in [0.3, 0.4) is 0 Å². The summed E-state index contributed by atoms with van der Waals surface area (Å²) in [5, 5.41) is 0. The van der Waals surface area contributed by atoms with E-state index in [1.54, 1.807) is 6.07 Å². The van der Waals surface area contributed by atoms with Gasteiger partial charge in [0, 0.05) is 17.6 Å². The van der Waals surface area contributed by atoms with E-state index in [0.717, 1.165) is 16.6 Å². The first-order chi connectivity index (χ1) is 9.06. The minimum Gasteiger partial charge on any atom is -0.298 e. The Morgan fingerprint density at radius 3 is 2.37 bits per heavy atom. The first-order valence-corrected chi connectivity index (χ1v) is 7.51. The molecule has 0 bridgehead atoms. The number of hydrogen-bond donors (Lipinski definition) is 0. The highest BCUT2D eigenvalue weighted by Crippen LogP contribution is 2.22. The lowest BCUT2D eigenvalue weighted by Crippen LogP contribution is -2.17. The van der Waals surface area contributed by atoms with Crippen LogP contribution in [-0.2, 0) is 13.1 Å². The first-order valence-electron chi connectivity index (χ1n) is 5.92. The van der Waals surface area contributed by atoms with Gasteiger partial charge >= 0.3 is 0 Å². The summed E-state index contributed by atoms with van der Waals surface area (Å²) in [6, 6.07) is 13.4. The second-order valence-corrected chi connectivity index (χ2v) is 6.22. The molecule has 0 atom stereocenters. The van der Waals surface area contributed by atoms with Gasteiger partial charge in [0.1, 0.15) is 5.82 Å². The molecule has 0 spiro atoms. The Morgan fingerprint density at radius 1 is 1.00 bits per heavy atom. The molecule has 100 valence electrons. The lowest BCUT2D eigenvalue weighted by atomic mass is 10.2. The maximum absolute atomic E-state index is 13.4. The summed E-state index contributed by atoms with van der Waals surface area (Å²) >= 11 is 6.72. The molecule has 2 rings (SSSR count). The standard InChI is InChI=1S/C15H14Br2FN/c1-19(9-11-5-7-13(16)8-6-11)10-12-3-2-4-14(18)15(12)17/h2-8H,9-10H2,1H3. The minimum absolute atomic E-state index is 0.213. The van der Waals surface area contributed by atoms with Crippen molar-refractivity contribution in [1.29, 1.82) is 0 Å². The molecular formula is C15H14Br2FN. The van der Waals surface area contributed by atoms with Crippen LogP contribution in [0.4, 0.5) is 4.39 Å². The Labute approximate surface area is 129 Å². The van der Waals surface area contributed by atoms with E-state index < -0.39 is 0 Å². The van der Waals surface area contributed by atoms with E-state index in [-0.39, 0.29) is 5.82 Å². The number of hydrogen-bond acceptors (Lipinski definition) is 1. The van der Waals surface area contributed by atoms with Gasteiger partial charge in [-0.1, -0.05) is 40.2 Å². The van der Waals surface area contributed by atoms with Crippen LogP contribution in [0.5, 0.6) is 0 Å². The van der Waals surface area contributed by atoms with Crippen molar-refractivity contribution in [3.63, 3.8) is 0 Å². The van der Waals surface area contributed by atoms with E-state index in [9.17, 15) is 4.39 Å². The fourth-order valence-electron chi connectivity index (χ4n) is 1.92. The van der Waals surface area contributed by atoms with Crippen LogP contribution in [0.25, 0.3) is 0 Å². The maximum atomic E-state index is 13.4. The van der Waals surface area contributed by atoms with Gasteiger partial charge in [0.25, 0.3) is 0 Å². The second kappa shape index (κ2) is 6.64. The first kappa shape index (κ1) is 14.7. The fraction of sp³-hybridized carbons (Fsp3) is 0.200. The Hall–Kier alpha value is -0.710. The van der Waals surface area contributed by atoms with Crippen molar-refractivity contribution in [3.05, 3.63) is 68.4 Å². The molecule has 0 aromatic heterocycles. The normalized spacial score (nSPS) is 11.0. The molecule has 2 aromatic rings. The molecule has 0 saturated carbocycles. The summed E-state index contributed by atoms with van der Waals surface area (Å²) < 4.78 is 15.1. The SMILES string of the molecule is CN(Cc1ccc(Br)cc1)Cc1cccc(F)c1Br. The van der Waals surface area contributed by atoms with Crippen molar-refractivity contribution in [1.82, 2.24) is 4.90 Å². The molecule has 0 N–H and O–H groups in total. The Balaban J connectivity index is 2.03. The average Bonchev–Trinajstić information content (AvgIpc) is 2.38. The van der Waals surface area contributed by atoms with E-state index in [4.69, 9.17) is 0 Å². The molecule has 0 aliphatic carbocycles. The minimum atomic E-state index is -0.213. The number of rotatable bonds is 4. The molecule has 4 heteroatoms. The van der Waals surface area contributed by atoms with Gasteiger partial charge in [-0.3, -0.25) is 4.90 Å². The Morgan fingerprint density at radius 2 is 1.68 bits per heavy atom. The third-order valence-electron chi connectivity index (χ3n) is 2.84. The Kier molecular flexibility index (Phi) is 5.13. The zero-order chi connectivity index (χ0) is 13.8. The highest BCUT2D eigenvalue weighted by molar-refractivity contribution is 9.10. The van der Waals surface area contributed by atoms with Crippen molar-refractivity contribution >= 4 is 31.9 Å². The van der Waals surface area contributed by atoms with Gasteiger partial charge in [0.05, 0.1) is 4.47 Å². The summed E-state index contributed by atoms with van der Waals surface area (Å²) in [5.41, 5.74) is 2.19. The van der Waals surface area contributed by atoms with Crippen LogP contribution in [0.15, 0.2) is 51.4 Å². The molecule has 0 amide bonds. The topological polar surface area (TPSA) is 3.24 Å². The molecule has 0 fully saturated rings. The van der Waals surface area contributed by atoms with Crippen molar-refractivity contribution in [2.24, 2.45) is 0 Å². The third-order valence-corrected chi connectivity index (χ3v) is 4.25. The van der Waals surface area contributed by atoms with Crippen LogP contribution in [0.2, 0.25) is 0 Å². The molecular weight excluding hydrogens is 373 g/mol. The van der Waals surface area contributed by atoms with Gasteiger partial charge in [-0.2, -0.15) is 0 Å². The lowest BCUT2D eigenvalue weighted by molar-refractivity contribution is 0.318. The molecule has 19 heavy (non-hydrogen) atoms. The molecule has 0 radical (unpaired) electrons. The van der Waals surface area contributed by atoms with Gasteiger partial charge < -0.3 is 0 Å². The van der Waals surface area contributed by atoms with Gasteiger partial charge in [0.15, 0.2) is 0 Å². The number of benzene rings is 2. The summed E-state index contributed by atoms with van der Waals surface area (Å²) in [5.74, 6) is -0.213. The summed E-state index contributed by atoms with van der Waals surface area (Å²) in [6.45, 7) is 1.53. The molecule has 0 heterocycles. The van der Waals surface area contributed by atoms with Crippen LogP contribution in [0, 0.1) is 5.82 Å².